The van der Waals surface area contributed by atoms with Gasteiger partial charge < -0.3 is 4.98 Å². The summed E-state index contributed by atoms with van der Waals surface area (Å²) in [6, 6.07) is 8.36. The number of aromatic nitrogens is 7. The molecule has 0 saturated carbocycles. The molecule has 0 spiro atoms. The standard InChI is InChI=1S/C25H26N8/c1-17-14-33(16-28-17)25-20-10-23(29-21(20)5-6-27-25)24-11-22(30-31-24)19-9-18(12-26-13-19)15-32-7-3-2-4-8-32/h5-6,9-14,16,29H,2-4,7-8,15H2,1H3,(H,30,31). The van der Waals surface area contributed by atoms with E-state index in [2.05, 4.69) is 53.2 Å². The van der Waals surface area contributed by atoms with Crippen molar-refractivity contribution < 1.29 is 0 Å². The number of likely N-dealkylation sites (tertiary alicyclic amines) is 1. The molecule has 166 valence electrons. The lowest BCUT2D eigenvalue weighted by molar-refractivity contribution is 0.220. The predicted molar refractivity (Wildman–Crippen MR) is 128 cm³/mol. The number of rotatable bonds is 5. The SMILES string of the molecule is Cc1cn(-c2nccc3[nH]c(-c4cc(-c5cncc(CN6CCCCC6)c5)[nH]n4)cc23)cn1. The summed E-state index contributed by atoms with van der Waals surface area (Å²) in [6.07, 6.45) is 13.4. The fourth-order valence-electron chi connectivity index (χ4n) is 4.62. The maximum atomic E-state index is 4.58. The smallest absolute Gasteiger partial charge is 0.147 e. The van der Waals surface area contributed by atoms with Gasteiger partial charge >= 0.3 is 0 Å². The molecule has 8 heteroatoms. The van der Waals surface area contributed by atoms with Gasteiger partial charge in [0.1, 0.15) is 17.8 Å². The first-order valence-corrected chi connectivity index (χ1v) is 11.4. The Morgan fingerprint density at radius 3 is 2.76 bits per heavy atom. The molecule has 6 heterocycles. The molecule has 5 aromatic rings. The second kappa shape index (κ2) is 8.29. The van der Waals surface area contributed by atoms with E-state index in [0.717, 1.165) is 51.6 Å². The van der Waals surface area contributed by atoms with Gasteiger partial charge in [0.2, 0.25) is 0 Å². The Kier molecular flexibility index (Phi) is 4.99. The number of piperidine rings is 1. The van der Waals surface area contributed by atoms with Crippen LogP contribution in [0.15, 0.2) is 55.4 Å². The van der Waals surface area contributed by atoms with Gasteiger partial charge in [-0.2, -0.15) is 5.10 Å². The number of aromatic amines is 2. The first kappa shape index (κ1) is 19.9. The highest BCUT2D eigenvalue weighted by Crippen LogP contribution is 2.29. The van der Waals surface area contributed by atoms with Crippen molar-refractivity contribution in [3.05, 3.63) is 66.6 Å². The summed E-state index contributed by atoms with van der Waals surface area (Å²) < 4.78 is 1.95. The lowest BCUT2D eigenvalue weighted by Crippen LogP contribution is -2.29. The monoisotopic (exact) mass is 438 g/mol. The zero-order chi connectivity index (χ0) is 22.2. The average molecular weight is 439 g/mol. The number of aryl methyl sites for hydroxylation is 1. The van der Waals surface area contributed by atoms with E-state index in [4.69, 9.17) is 0 Å². The van der Waals surface area contributed by atoms with Gasteiger partial charge in [-0.15, -0.1) is 0 Å². The van der Waals surface area contributed by atoms with Crippen LogP contribution in [0.1, 0.15) is 30.5 Å². The molecule has 1 aliphatic heterocycles. The Balaban J connectivity index is 1.29. The van der Waals surface area contributed by atoms with Gasteiger partial charge in [-0.25, -0.2) is 9.97 Å². The molecule has 8 nitrogen and oxygen atoms in total. The summed E-state index contributed by atoms with van der Waals surface area (Å²) in [6.45, 7) is 5.27. The predicted octanol–water partition coefficient (Wildman–Crippen LogP) is 4.50. The van der Waals surface area contributed by atoms with Gasteiger partial charge in [0.05, 0.1) is 22.6 Å². The normalized spacial score (nSPS) is 14.8. The molecule has 0 bridgehead atoms. The summed E-state index contributed by atoms with van der Waals surface area (Å²) in [5.74, 6) is 0.848. The van der Waals surface area contributed by atoms with E-state index in [-0.39, 0.29) is 0 Å². The van der Waals surface area contributed by atoms with E-state index in [1.807, 2.05) is 42.3 Å². The molecule has 5 aromatic heterocycles. The zero-order valence-electron chi connectivity index (χ0n) is 18.6. The summed E-state index contributed by atoms with van der Waals surface area (Å²) >= 11 is 0. The van der Waals surface area contributed by atoms with Crippen molar-refractivity contribution in [1.29, 1.82) is 0 Å². The van der Waals surface area contributed by atoms with E-state index in [9.17, 15) is 0 Å². The van der Waals surface area contributed by atoms with Crippen molar-refractivity contribution in [2.24, 2.45) is 0 Å². The van der Waals surface area contributed by atoms with Crippen molar-refractivity contribution >= 4 is 10.9 Å². The molecule has 33 heavy (non-hydrogen) atoms. The number of imidazole rings is 1. The Morgan fingerprint density at radius 1 is 1.00 bits per heavy atom. The van der Waals surface area contributed by atoms with Crippen LogP contribution in [0, 0.1) is 6.92 Å². The highest BCUT2D eigenvalue weighted by atomic mass is 15.1. The van der Waals surface area contributed by atoms with Crippen molar-refractivity contribution in [2.75, 3.05) is 13.1 Å². The number of hydrogen-bond donors (Lipinski definition) is 2. The van der Waals surface area contributed by atoms with Gasteiger partial charge in [0.15, 0.2) is 0 Å². The Morgan fingerprint density at radius 2 is 1.91 bits per heavy atom. The van der Waals surface area contributed by atoms with Gasteiger partial charge in [-0.1, -0.05) is 6.42 Å². The lowest BCUT2D eigenvalue weighted by Gasteiger charge is -2.26. The van der Waals surface area contributed by atoms with Crippen LogP contribution in [0.5, 0.6) is 0 Å². The van der Waals surface area contributed by atoms with E-state index < -0.39 is 0 Å². The fourth-order valence-corrected chi connectivity index (χ4v) is 4.62. The highest BCUT2D eigenvalue weighted by molar-refractivity contribution is 5.90. The van der Waals surface area contributed by atoms with Crippen LogP contribution < -0.4 is 0 Å². The van der Waals surface area contributed by atoms with E-state index in [0.29, 0.717) is 0 Å². The number of H-pyrrole nitrogens is 2. The summed E-state index contributed by atoms with van der Waals surface area (Å²) in [5.41, 5.74) is 7.01. The molecule has 0 aromatic carbocycles. The third-order valence-electron chi connectivity index (χ3n) is 6.30. The maximum absolute atomic E-state index is 4.58. The molecule has 0 atom stereocenters. The molecular formula is C25H26N8. The summed E-state index contributed by atoms with van der Waals surface area (Å²) in [7, 11) is 0. The van der Waals surface area contributed by atoms with Gasteiger partial charge in [-0.3, -0.25) is 19.5 Å². The van der Waals surface area contributed by atoms with E-state index in [1.165, 1.54) is 37.9 Å². The summed E-state index contributed by atoms with van der Waals surface area (Å²) in [5, 5.41) is 8.79. The Hall–Kier alpha value is -3.78. The van der Waals surface area contributed by atoms with E-state index >= 15 is 0 Å². The average Bonchev–Trinajstić information content (AvgIpc) is 3.59. The van der Waals surface area contributed by atoms with Crippen LogP contribution in [0.2, 0.25) is 0 Å². The van der Waals surface area contributed by atoms with Crippen molar-refractivity contribution in [3.63, 3.8) is 0 Å². The maximum Gasteiger partial charge on any atom is 0.147 e. The number of hydrogen-bond acceptors (Lipinski definition) is 5. The lowest BCUT2D eigenvalue weighted by atomic mass is 10.1. The molecule has 0 radical (unpaired) electrons. The fraction of sp³-hybridized carbons (Fsp3) is 0.280. The molecule has 1 saturated heterocycles. The Labute approximate surface area is 191 Å². The van der Waals surface area contributed by atoms with Crippen LogP contribution in [0.3, 0.4) is 0 Å². The molecule has 0 unspecified atom stereocenters. The molecular weight excluding hydrogens is 412 g/mol. The number of nitrogens with zero attached hydrogens (tertiary/aromatic N) is 6. The quantitative estimate of drug-likeness (QED) is 0.422. The zero-order valence-corrected chi connectivity index (χ0v) is 18.6. The third kappa shape index (κ3) is 3.93. The number of fused-ring (bicyclic) bond motifs is 1. The van der Waals surface area contributed by atoms with Crippen LogP contribution in [-0.2, 0) is 6.54 Å². The summed E-state index contributed by atoms with van der Waals surface area (Å²) in [4.78, 5) is 19.4. The largest absolute Gasteiger partial charge is 0.353 e. The van der Waals surface area contributed by atoms with E-state index in [1.54, 1.807) is 6.33 Å². The van der Waals surface area contributed by atoms with Crippen molar-refractivity contribution in [3.8, 4) is 28.5 Å². The van der Waals surface area contributed by atoms with Crippen LogP contribution in [0.25, 0.3) is 39.4 Å². The van der Waals surface area contributed by atoms with Gasteiger partial charge in [0, 0.05) is 42.3 Å². The Bertz CT molecular complexity index is 1400. The highest BCUT2D eigenvalue weighted by Gasteiger charge is 2.14. The van der Waals surface area contributed by atoms with Gasteiger partial charge in [-0.05, 0) is 62.7 Å². The first-order chi connectivity index (χ1) is 16.2. The third-order valence-corrected chi connectivity index (χ3v) is 6.30. The minimum absolute atomic E-state index is 0.848. The minimum atomic E-state index is 0.848. The molecule has 2 N–H and O–H groups in total. The molecule has 0 amide bonds. The van der Waals surface area contributed by atoms with Crippen LogP contribution >= 0.6 is 0 Å². The topological polar surface area (TPSA) is 91.3 Å². The van der Waals surface area contributed by atoms with Crippen LogP contribution in [0.4, 0.5) is 0 Å². The van der Waals surface area contributed by atoms with Crippen molar-refractivity contribution in [1.82, 2.24) is 39.6 Å². The van der Waals surface area contributed by atoms with Crippen LogP contribution in [-0.4, -0.2) is 52.7 Å². The molecule has 1 fully saturated rings. The molecule has 1 aliphatic rings. The second-order valence-electron chi connectivity index (χ2n) is 8.79. The number of pyridine rings is 2. The van der Waals surface area contributed by atoms with Crippen molar-refractivity contribution in [2.45, 2.75) is 32.7 Å². The number of nitrogens with one attached hydrogen (secondary N) is 2. The van der Waals surface area contributed by atoms with Gasteiger partial charge in [0.25, 0.3) is 0 Å². The minimum Gasteiger partial charge on any atom is -0.353 e. The second-order valence-corrected chi connectivity index (χ2v) is 8.79. The molecule has 0 aliphatic carbocycles. The molecule has 6 rings (SSSR count). The first-order valence-electron chi connectivity index (χ1n) is 11.4.